The van der Waals surface area contributed by atoms with Crippen LogP contribution in [0.25, 0.3) is 0 Å². The maximum absolute atomic E-state index is 13.3. The number of anilines is 1. The van der Waals surface area contributed by atoms with Gasteiger partial charge in [-0.2, -0.15) is 0 Å². The zero-order chi connectivity index (χ0) is 14.4. The first-order valence-electron chi connectivity index (χ1n) is 5.54. The molecule has 0 aliphatic heterocycles. The van der Waals surface area contributed by atoms with E-state index in [0.29, 0.717) is 6.07 Å². The molecule has 19 heavy (non-hydrogen) atoms. The predicted molar refractivity (Wildman–Crippen MR) is 68.6 cm³/mol. The standard InChI is InChI=1S/C12H12BrF2NO3/c1-2-19-12(18)4-3-11(17)16-10-5-7(13)8(14)6-9(10)15/h5-6H,2-4H2,1H3,(H,16,17). The van der Waals surface area contributed by atoms with Gasteiger partial charge in [0.05, 0.1) is 23.2 Å². The molecular formula is C12H12BrF2NO3. The van der Waals surface area contributed by atoms with Crippen molar-refractivity contribution in [3.8, 4) is 0 Å². The van der Waals surface area contributed by atoms with Crippen LogP contribution in [0.4, 0.5) is 14.5 Å². The van der Waals surface area contributed by atoms with Gasteiger partial charge in [-0.25, -0.2) is 8.78 Å². The Morgan fingerprint density at radius 1 is 1.26 bits per heavy atom. The van der Waals surface area contributed by atoms with Crippen LogP contribution in [0.5, 0.6) is 0 Å². The summed E-state index contributed by atoms with van der Waals surface area (Å²) in [6.45, 7) is 1.89. The molecule has 0 radical (unpaired) electrons. The first kappa shape index (κ1) is 15.6. The van der Waals surface area contributed by atoms with Gasteiger partial charge < -0.3 is 10.1 Å². The van der Waals surface area contributed by atoms with Crippen molar-refractivity contribution in [2.24, 2.45) is 0 Å². The molecule has 7 heteroatoms. The molecule has 0 bridgehead atoms. The molecule has 1 N–H and O–H groups in total. The number of benzene rings is 1. The minimum Gasteiger partial charge on any atom is -0.466 e. The Labute approximate surface area is 117 Å². The van der Waals surface area contributed by atoms with Crippen molar-refractivity contribution < 1.29 is 23.1 Å². The predicted octanol–water partition coefficient (Wildman–Crippen LogP) is 3.01. The van der Waals surface area contributed by atoms with Gasteiger partial charge in [-0.15, -0.1) is 0 Å². The number of esters is 1. The highest BCUT2D eigenvalue weighted by molar-refractivity contribution is 9.10. The lowest BCUT2D eigenvalue weighted by atomic mass is 10.2. The van der Waals surface area contributed by atoms with Gasteiger partial charge in [0.15, 0.2) is 0 Å². The molecule has 0 heterocycles. The number of nitrogens with one attached hydrogen (secondary N) is 1. The molecule has 0 fully saturated rings. The Bertz CT molecular complexity index is 494. The zero-order valence-corrected chi connectivity index (χ0v) is 11.7. The molecule has 0 saturated carbocycles. The number of hydrogen-bond donors (Lipinski definition) is 1. The molecule has 4 nitrogen and oxygen atoms in total. The van der Waals surface area contributed by atoms with Crippen LogP contribution in [0, 0.1) is 11.6 Å². The van der Waals surface area contributed by atoms with Crippen LogP contribution in [0.2, 0.25) is 0 Å². The van der Waals surface area contributed by atoms with Crippen molar-refractivity contribution in [1.82, 2.24) is 0 Å². The van der Waals surface area contributed by atoms with Crippen LogP contribution in [0.1, 0.15) is 19.8 Å². The molecule has 0 aliphatic rings. The summed E-state index contributed by atoms with van der Waals surface area (Å²) in [5.74, 6) is -2.70. The van der Waals surface area contributed by atoms with Crippen molar-refractivity contribution in [3.05, 3.63) is 28.2 Å². The average molecular weight is 336 g/mol. The molecule has 1 amide bonds. The Hall–Kier alpha value is -1.50. The minimum absolute atomic E-state index is 0.0367. The van der Waals surface area contributed by atoms with E-state index >= 15 is 0 Å². The Balaban J connectivity index is 2.58. The van der Waals surface area contributed by atoms with Crippen LogP contribution in [-0.4, -0.2) is 18.5 Å². The molecule has 104 valence electrons. The van der Waals surface area contributed by atoms with E-state index in [1.165, 1.54) is 0 Å². The summed E-state index contributed by atoms with van der Waals surface area (Å²) in [5.41, 5.74) is -0.151. The number of rotatable bonds is 5. The smallest absolute Gasteiger partial charge is 0.306 e. The summed E-state index contributed by atoms with van der Waals surface area (Å²) in [7, 11) is 0. The molecule has 0 unspecified atom stereocenters. The van der Waals surface area contributed by atoms with E-state index < -0.39 is 23.5 Å². The summed E-state index contributed by atoms with van der Waals surface area (Å²) in [5, 5.41) is 2.26. The van der Waals surface area contributed by atoms with Crippen LogP contribution in [-0.2, 0) is 14.3 Å². The van der Waals surface area contributed by atoms with E-state index in [-0.39, 0.29) is 29.6 Å². The number of hydrogen-bond acceptors (Lipinski definition) is 3. The van der Waals surface area contributed by atoms with E-state index in [9.17, 15) is 18.4 Å². The Morgan fingerprint density at radius 2 is 1.95 bits per heavy atom. The fraction of sp³-hybridized carbons (Fsp3) is 0.333. The first-order chi connectivity index (χ1) is 8.93. The normalized spacial score (nSPS) is 10.1. The molecule has 0 aliphatic carbocycles. The summed E-state index contributed by atoms with van der Waals surface area (Å²) < 4.78 is 31.0. The van der Waals surface area contributed by atoms with Gasteiger partial charge >= 0.3 is 5.97 Å². The molecule has 0 saturated heterocycles. The third-order valence-electron chi connectivity index (χ3n) is 2.15. The second kappa shape index (κ2) is 7.18. The third kappa shape index (κ3) is 4.94. The second-order valence-electron chi connectivity index (χ2n) is 3.60. The van der Waals surface area contributed by atoms with Crippen molar-refractivity contribution in [3.63, 3.8) is 0 Å². The van der Waals surface area contributed by atoms with Gasteiger partial charge in [-0.05, 0) is 28.9 Å². The van der Waals surface area contributed by atoms with Gasteiger partial charge in [0.1, 0.15) is 11.6 Å². The summed E-state index contributed by atoms with van der Waals surface area (Å²) in [4.78, 5) is 22.5. The quantitative estimate of drug-likeness (QED) is 0.664. The van der Waals surface area contributed by atoms with E-state index in [4.69, 9.17) is 0 Å². The monoisotopic (exact) mass is 335 g/mol. The molecular weight excluding hydrogens is 324 g/mol. The average Bonchev–Trinajstić information content (AvgIpc) is 2.34. The highest BCUT2D eigenvalue weighted by atomic mass is 79.9. The number of amides is 1. The van der Waals surface area contributed by atoms with E-state index in [1.807, 2.05) is 0 Å². The van der Waals surface area contributed by atoms with Crippen LogP contribution in [0.15, 0.2) is 16.6 Å². The number of ether oxygens (including phenoxy) is 1. The number of carbonyl (C=O) groups excluding carboxylic acids is 2. The summed E-state index contributed by atoms with van der Waals surface area (Å²) >= 11 is 2.89. The highest BCUT2D eigenvalue weighted by Gasteiger charge is 2.12. The first-order valence-corrected chi connectivity index (χ1v) is 6.33. The molecule has 1 rings (SSSR count). The fourth-order valence-corrected chi connectivity index (χ4v) is 1.62. The van der Waals surface area contributed by atoms with Gasteiger partial charge in [-0.1, -0.05) is 0 Å². The fourth-order valence-electron chi connectivity index (χ4n) is 1.28. The minimum atomic E-state index is -0.884. The third-order valence-corrected chi connectivity index (χ3v) is 2.75. The van der Waals surface area contributed by atoms with Crippen molar-refractivity contribution in [2.45, 2.75) is 19.8 Å². The lowest BCUT2D eigenvalue weighted by Crippen LogP contribution is -2.15. The molecule has 0 spiro atoms. The SMILES string of the molecule is CCOC(=O)CCC(=O)Nc1cc(Br)c(F)cc1F. The van der Waals surface area contributed by atoms with Crippen LogP contribution >= 0.6 is 15.9 Å². The van der Waals surface area contributed by atoms with Crippen LogP contribution in [0.3, 0.4) is 0 Å². The molecule has 0 aromatic heterocycles. The Morgan fingerprint density at radius 3 is 2.58 bits per heavy atom. The van der Waals surface area contributed by atoms with E-state index in [0.717, 1.165) is 6.07 Å². The Kier molecular flexibility index (Phi) is 5.88. The topological polar surface area (TPSA) is 55.4 Å². The van der Waals surface area contributed by atoms with Gasteiger partial charge in [0, 0.05) is 12.5 Å². The van der Waals surface area contributed by atoms with Gasteiger partial charge in [-0.3, -0.25) is 9.59 Å². The number of halogens is 3. The van der Waals surface area contributed by atoms with Gasteiger partial charge in [0.2, 0.25) is 5.91 Å². The lowest BCUT2D eigenvalue weighted by molar-refractivity contribution is -0.144. The lowest BCUT2D eigenvalue weighted by Gasteiger charge is -2.07. The van der Waals surface area contributed by atoms with Crippen molar-refractivity contribution >= 4 is 33.5 Å². The zero-order valence-electron chi connectivity index (χ0n) is 10.1. The summed E-state index contributed by atoms with van der Waals surface area (Å²) in [6, 6.07) is 1.78. The van der Waals surface area contributed by atoms with E-state index in [1.54, 1.807) is 6.92 Å². The molecule has 0 atom stereocenters. The van der Waals surface area contributed by atoms with E-state index in [2.05, 4.69) is 26.0 Å². The number of carbonyl (C=O) groups is 2. The maximum atomic E-state index is 13.3. The highest BCUT2D eigenvalue weighted by Crippen LogP contribution is 2.23. The molecule has 1 aromatic carbocycles. The summed E-state index contributed by atoms with van der Waals surface area (Å²) in [6.07, 6.45) is -0.225. The van der Waals surface area contributed by atoms with Gasteiger partial charge in [0.25, 0.3) is 0 Å². The van der Waals surface area contributed by atoms with Crippen molar-refractivity contribution in [2.75, 3.05) is 11.9 Å². The largest absolute Gasteiger partial charge is 0.466 e. The maximum Gasteiger partial charge on any atom is 0.306 e. The second-order valence-corrected chi connectivity index (χ2v) is 4.45. The molecule has 1 aromatic rings. The van der Waals surface area contributed by atoms with Crippen LogP contribution < -0.4 is 5.32 Å². The van der Waals surface area contributed by atoms with Crippen molar-refractivity contribution in [1.29, 1.82) is 0 Å².